The van der Waals surface area contributed by atoms with Gasteiger partial charge in [-0.25, -0.2) is 4.98 Å². The summed E-state index contributed by atoms with van der Waals surface area (Å²) >= 11 is 1.43. The lowest BCUT2D eigenvalue weighted by atomic mass is 10.1. The number of methoxy groups -OCH3 is 3. The van der Waals surface area contributed by atoms with E-state index in [-0.39, 0.29) is 0 Å². The van der Waals surface area contributed by atoms with Crippen molar-refractivity contribution in [3.05, 3.63) is 28.8 Å². The lowest BCUT2D eigenvalue weighted by Crippen LogP contribution is -1.98. The Morgan fingerprint density at radius 2 is 1.74 bits per heavy atom. The molecule has 0 unspecified atom stereocenters. The van der Waals surface area contributed by atoms with E-state index in [1.54, 1.807) is 21.3 Å². The minimum absolute atomic E-state index is 0.572. The molecule has 0 saturated heterocycles. The molecule has 19 heavy (non-hydrogen) atoms. The predicted molar refractivity (Wildman–Crippen MR) is 75.4 cm³/mol. The molecule has 2 aromatic rings. The van der Waals surface area contributed by atoms with Crippen molar-refractivity contribution < 1.29 is 14.2 Å². The zero-order valence-corrected chi connectivity index (χ0v) is 11.9. The Morgan fingerprint density at radius 1 is 1.11 bits per heavy atom. The van der Waals surface area contributed by atoms with Gasteiger partial charge in [-0.3, -0.25) is 0 Å². The predicted octanol–water partition coefficient (Wildman–Crippen LogP) is 2.34. The molecule has 1 aromatic carbocycles. The van der Waals surface area contributed by atoms with Crippen LogP contribution in [0.5, 0.6) is 17.2 Å². The Balaban J connectivity index is 2.35. The van der Waals surface area contributed by atoms with E-state index < -0.39 is 0 Å². The standard InChI is InChI=1S/C13H16N2O3S/c1-16-10-5-8(4-9-7-19-13(14)15-9)6-11(17-2)12(10)18-3/h5-7H,4H2,1-3H3,(H2,14,15). The van der Waals surface area contributed by atoms with Crippen LogP contribution in [0, 0.1) is 0 Å². The van der Waals surface area contributed by atoms with Crippen LogP contribution in [-0.4, -0.2) is 26.3 Å². The first-order chi connectivity index (χ1) is 9.17. The molecule has 0 bridgehead atoms. The van der Waals surface area contributed by atoms with E-state index in [4.69, 9.17) is 19.9 Å². The SMILES string of the molecule is COc1cc(Cc2csc(N)n2)cc(OC)c1OC. The van der Waals surface area contributed by atoms with Crippen molar-refractivity contribution in [2.24, 2.45) is 0 Å². The lowest BCUT2D eigenvalue weighted by molar-refractivity contribution is 0.324. The van der Waals surface area contributed by atoms with Gasteiger partial charge < -0.3 is 19.9 Å². The van der Waals surface area contributed by atoms with E-state index in [0.717, 1.165) is 11.3 Å². The van der Waals surface area contributed by atoms with E-state index in [2.05, 4.69) is 4.98 Å². The highest BCUT2D eigenvalue weighted by molar-refractivity contribution is 7.13. The number of benzene rings is 1. The van der Waals surface area contributed by atoms with Crippen molar-refractivity contribution >= 4 is 16.5 Å². The molecular formula is C13H16N2O3S. The molecule has 0 saturated carbocycles. The summed E-state index contributed by atoms with van der Waals surface area (Å²) in [5, 5.41) is 2.51. The number of hydrogen-bond acceptors (Lipinski definition) is 6. The van der Waals surface area contributed by atoms with Gasteiger partial charge in [-0.15, -0.1) is 11.3 Å². The van der Waals surface area contributed by atoms with E-state index in [1.807, 2.05) is 17.5 Å². The summed E-state index contributed by atoms with van der Waals surface area (Å²) in [6.07, 6.45) is 0.671. The van der Waals surface area contributed by atoms with Crippen LogP contribution in [0.4, 0.5) is 5.13 Å². The minimum atomic E-state index is 0.572. The summed E-state index contributed by atoms with van der Waals surface area (Å²) in [5.74, 6) is 1.87. The number of nitrogens with zero attached hydrogens (tertiary/aromatic N) is 1. The van der Waals surface area contributed by atoms with E-state index in [9.17, 15) is 0 Å². The number of hydrogen-bond donors (Lipinski definition) is 1. The van der Waals surface area contributed by atoms with Gasteiger partial charge in [0.15, 0.2) is 16.6 Å². The highest BCUT2D eigenvalue weighted by atomic mass is 32.1. The quantitative estimate of drug-likeness (QED) is 0.910. The Morgan fingerprint density at radius 3 is 2.16 bits per heavy atom. The van der Waals surface area contributed by atoms with Crippen LogP contribution >= 0.6 is 11.3 Å². The Bertz CT molecular complexity index is 544. The van der Waals surface area contributed by atoms with Gasteiger partial charge in [0.1, 0.15) is 0 Å². The molecule has 0 amide bonds. The lowest BCUT2D eigenvalue weighted by Gasteiger charge is -2.13. The second-order valence-corrected chi connectivity index (χ2v) is 4.78. The van der Waals surface area contributed by atoms with Crippen molar-refractivity contribution in [2.45, 2.75) is 6.42 Å². The van der Waals surface area contributed by atoms with Crippen molar-refractivity contribution in [1.82, 2.24) is 4.98 Å². The molecule has 0 fully saturated rings. The zero-order chi connectivity index (χ0) is 13.8. The van der Waals surface area contributed by atoms with E-state index >= 15 is 0 Å². The number of aromatic nitrogens is 1. The molecular weight excluding hydrogens is 264 g/mol. The fourth-order valence-electron chi connectivity index (χ4n) is 1.85. The van der Waals surface area contributed by atoms with E-state index in [1.165, 1.54) is 11.3 Å². The number of nitrogen functional groups attached to an aromatic ring is 1. The molecule has 0 radical (unpaired) electrons. The van der Waals surface area contributed by atoms with Gasteiger partial charge in [0.2, 0.25) is 5.75 Å². The molecule has 0 aliphatic carbocycles. The van der Waals surface area contributed by atoms with Crippen molar-refractivity contribution in [3.8, 4) is 17.2 Å². The van der Waals surface area contributed by atoms with Crippen LogP contribution in [0.25, 0.3) is 0 Å². The molecule has 0 spiro atoms. The average molecular weight is 280 g/mol. The van der Waals surface area contributed by atoms with Crippen molar-refractivity contribution in [2.75, 3.05) is 27.1 Å². The highest BCUT2D eigenvalue weighted by Gasteiger charge is 2.13. The maximum atomic E-state index is 5.63. The Hall–Kier alpha value is -1.95. The maximum Gasteiger partial charge on any atom is 0.203 e. The first-order valence-corrected chi connectivity index (χ1v) is 6.54. The van der Waals surface area contributed by atoms with Gasteiger partial charge >= 0.3 is 0 Å². The molecule has 1 heterocycles. The third kappa shape index (κ3) is 2.90. The molecule has 5 nitrogen and oxygen atoms in total. The first-order valence-electron chi connectivity index (χ1n) is 5.66. The van der Waals surface area contributed by atoms with E-state index in [0.29, 0.717) is 28.8 Å². The van der Waals surface area contributed by atoms with Crippen LogP contribution in [0.3, 0.4) is 0 Å². The van der Waals surface area contributed by atoms with Crippen LogP contribution in [0.1, 0.15) is 11.3 Å². The third-order valence-corrected chi connectivity index (χ3v) is 3.40. The summed E-state index contributed by atoms with van der Waals surface area (Å²) in [6.45, 7) is 0. The van der Waals surface area contributed by atoms with Gasteiger partial charge in [0, 0.05) is 11.8 Å². The molecule has 102 valence electrons. The van der Waals surface area contributed by atoms with Gasteiger partial charge in [-0.2, -0.15) is 0 Å². The van der Waals surface area contributed by atoms with Crippen LogP contribution in [0.2, 0.25) is 0 Å². The second-order valence-electron chi connectivity index (χ2n) is 3.89. The number of nitrogens with two attached hydrogens (primary N) is 1. The summed E-state index contributed by atoms with van der Waals surface area (Å²) in [5.41, 5.74) is 7.58. The largest absolute Gasteiger partial charge is 0.493 e. The number of ether oxygens (including phenoxy) is 3. The normalized spacial score (nSPS) is 10.3. The molecule has 1 aromatic heterocycles. The van der Waals surface area contributed by atoms with Crippen LogP contribution in [0.15, 0.2) is 17.5 Å². The molecule has 0 aliphatic heterocycles. The summed E-state index contributed by atoms with van der Waals surface area (Å²) < 4.78 is 15.9. The average Bonchev–Trinajstić information content (AvgIpc) is 2.82. The molecule has 2 N–H and O–H groups in total. The number of thiazole rings is 1. The van der Waals surface area contributed by atoms with Crippen molar-refractivity contribution in [1.29, 1.82) is 0 Å². The number of rotatable bonds is 5. The Labute approximate surface area is 115 Å². The monoisotopic (exact) mass is 280 g/mol. The Kier molecular flexibility index (Phi) is 4.11. The summed E-state index contributed by atoms with van der Waals surface area (Å²) in [6, 6.07) is 3.83. The van der Waals surface area contributed by atoms with Gasteiger partial charge in [-0.05, 0) is 17.7 Å². The second kappa shape index (κ2) is 5.79. The van der Waals surface area contributed by atoms with Gasteiger partial charge in [0.05, 0.1) is 27.0 Å². The van der Waals surface area contributed by atoms with Gasteiger partial charge in [-0.1, -0.05) is 0 Å². The summed E-state index contributed by atoms with van der Waals surface area (Å²) in [4.78, 5) is 4.24. The molecule has 0 atom stereocenters. The number of anilines is 1. The first kappa shape index (κ1) is 13.5. The molecule has 2 rings (SSSR count). The van der Waals surface area contributed by atoms with Gasteiger partial charge in [0.25, 0.3) is 0 Å². The maximum absolute atomic E-state index is 5.63. The highest BCUT2D eigenvalue weighted by Crippen LogP contribution is 2.38. The topological polar surface area (TPSA) is 66.6 Å². The van der Waals surface area contributed by atoms with Crippen LogP contribution < -0.4 is 19.9 Å². The van der Waals surface area contributed by atoms with Crippen LogP contribution in [-0.2, 0) is 6.42 Å². The third-order valence-electron chi connectivity index (χ3n) is 2.68. The van der Waals surface area contributed by atoms with Crippen molar-refractivity contribution in [3.63, 3.8) is 0 Å². The smallest absolute Gasteiger partial charge is 0.203 e. The zero-order valence-electron chi connectivity index (χ0n) is 11.1. The fraction of sp³-hybridized carbons (Fsp3) is 0.308. The molecule has 0 aliphatic rings. The molecule has 6 heteroatoms. The fourth-order valence-corrected chi connectivity index (χ4v) is 2.41. The summed E-state index contributed by atoms with van der Waals surface area (Å²) in [7, 11) is 4.78. The minimum Gasteiger partial charge on any atom is -0.493 e.